The van der Waals surface area contributed by atoms with Crippen LogP contribution in [0.15, 0.2) is 48.5 Å². The predicted molar refractivity (Wildman–Crippen MR) is 110 cm³/mol. The summed E-state index contributed by atoms with van der Waals surface area (Å²) in [5, 5.41) is 2.85. The molecule has 6 heteroatoms. The molecule has 0 aromatic heterocycles. The Labute approximate surface area is 166 Å². The van der Waals surface area contributed by atoms with Gasteiger partial charge in [0.1, 0.15) is 5.75 Å². The van der Waals surface area contributed by atoms with E-state index < -0.39 is 6.10 Å². The normalized spacial score (nSPS) is 15.8. The molecule has 28 heavy (non-hydrogen) atoms. The summed E-state index contributed by atoms with van der Waals surface area (Å²) in [5.74, 6) is 0.283. The molecule has 2 aromatic carbocycles. The molecule has 1 aliphatic rings. The Morgan fingerprint density at radius 1 is 1.00 bits per heavy atom. The molecule has 148 valence electrons. The van der Waals surface area contributed by atoms with Crippen molar-refractivity contribution in [1.29, 1.82) is 0 Å². The Kier molecular flexibility index (Phi) is 6.31. The summed E-state index contributed by atoms with van der Waals surface area (Å²) in [6.07, 6.45) is -0.686. The number of carbonyl (C=O) groups excluding carboxylic acids is 2. The van der Waals surface area contributed by atoms with E-state index in [9.17, 15) is 9.59 Å². The second-order valence-corrected chi connectivity index (χ2v) is 7.20. The molecule has 2 amide bonds. The van der Waals surface area contributed by atoms with E-state index in [2.05, 4.69) is 10.2 Å². The molecule has 0 unspecified atom stereocenters. The average Bonchev–Trinajstić information content (AvgIpc) is 2.70. The van der Waals surface area contributed by atoms with Crippen molar-refractivity contribution < 1.29 is 14.3 Å². The van der Waals surface area contributed by atoms with Crippen LogP contribution in [0, 0.1) is 6.92 Å². The van der Waals surface area contributed by atoms with Gasteiger partial charge in [0.15, 0.2) is 6.10 Å². The highest BCUT2D eigenvalue weighted by Crippen LogP contribution is 2.20. The molecule has 6 nitrogen and oxygen atoms in total. The number of hydrogen-bond donors (Lipinski definition) is 1. The van der Waals surface area contributed by atoms with Gasteiger partial charge in [-0.05, 0) is 45.2 Å². The SMILES string of the molecule is Cc1ccc(O[C@@H](C)C(=O)Nc2ccccc2C(=O)N2CCN(C)CC2)cc1. The van der Waals surface area contributed by atoms with E-state index in [1.807, 2.05) is 55.3 Å². The van der Waals surface area contributed by atoms with E-state index >= 15 is 0 Å². The molecular weight excluding hydrogens is 354 g/mol. The van der Waals surface area contributed by atoms with Crippen molar-refractivity contribution in [2.45, 2.75) is 20.0 Å². The number of carbonyl (C=O) groups is 2. The van der Waals surface area contributed by atoms with E-state index in [0.717, 1.165) is 18.7 Å². The summed E-state index contributed by atoms with van der Waals surface area (Å²) in [4.78, 5) is 29.6. The Bertz CT molecular complexity index is 827. The third-order valence-corrected chi connectivity index (χ3v) is 4.91. The van der Waals surface area contributed by atoms with Gasteiger partial charge in [-0.15, -0.1) is 0 Å². The van der Waals surface area contributed by atoms with Crippen molar-refractivity contribution >= 4 is 17.5 Å². The number of nitrogens with one attached hydrogen (secondary N) is 1. The molecule has 1 N–H and O–H groups in total. The van der Waals surface area contributed by atoms with E-state index in [1.165, 1.54) is 0 Å². The van der Waals surface area contributed by atoms with E-state index in [0.29, 0.717) is 30.1 Å². The summed E-state index contributed by atoms with van der Waals surface area (Å²) >= 11 is 0. The van der Waals surface area contributed by atoms with Gasteiger partial charge in [-0.25, -0.2) is 0 Å². The van der Waals surface area contributed by atoms with Crippen molar-refractivity contribution in [3.63, 3.8) is 0 Å². The molecule has 1 saturated heterocycles. The van der Waals surface area contributed by atoms with Crippen LogP contribution in [0.5, 0.6) is 5.75 Å². The van der Waals surface area contributed by atoms with Gasteiger partial charge in [-0.1, -0.05) is 29.8 Å². The zero-order chi connectivity index (χ0) is 20.1. The van der Waals surface area contributed by atoms with Gasteiger partial charge in [0, 0.05) is 26.2 Å². The number of amides is 2. The maximum Gasteiger partial charge on any atom is 0.265 e. The highest BCUT2D eigenvalue weighted by atomic mass is 16.5. The van der Waals surface area contributed by atoms with Crippen LogP contribution >= 0.6 is 0 Å². The van der Waals surface area contributed by atoms with Crippen molar-refractivity contribution in [2.75, 3.05) is 38.5 Å². The van der Waals surface area contributed by atoms with Gasteiger partial charge < -0.3 is 19.9 Å². The number of likely N-dealkylation sites (N-methyl/N-ethyl adjacent to an activating group) is 1. The number of anilines is 1. The monoisotopic (exact) mass is 381 g/mol. The molecule has 3 rings (SSSR count). The van der Waals surface area contributed by atoms with Gasteiger partial charge in [0.25, 0.3) is 11.8 Å². The van der Waals surface area contributed by atoms with Crippen molar-refractivity contribution in [3.8, 4) is 5.75 Å². The Morgan fingerprint density at radius 2 is 1.64 bits per heavy atom. The van der Waals surface area contributed by atoms with Gasteiger partial charge in [-0.3, -0.25) is 9.59 Å². The number of aryl methyl sites for hydroxylation is 1. The molecule has 1 heterocycles. The van der Waals surface area contributed by atoms with Gasteiger partial charge >= 0.3 is 0 Å². The van der Waals surface area contributed by atoms with Crippen LogP contribution in [-0.2, 0) is 4.79 Å². The Morgan fingerprint density at radius 3 is 2.32 bits per heavy atom. The van der Waals surface area contributed by atoms with Crippen LogP contribution in [0.1, 0.15) is 22.8 Å². The quantitative estimate of drug-likeness (QED) is 0.865. The van der Waals surface area contributed by atoms with E-state index in [1.54, 1.807) is 19.1 Å². The average molecular weight is 381 g/mol. The van der Waals surface area contributed by atoms with E-state index in [-0.39, 0.29) is 11.8 Å². The molecule has 0 spiro atoms. The lowest BCUT2D eigenvalue weighted by Gasteiger charge is -2.32. The van der Waals surface area contributed by atoms with E-state index in [4.69, 9.17) is 4.74 Å². The number of nitrogens with zero attached hydrogens (tertiary/aromatic N) is 2. The van der Waals surface area contributed by atoms with Crippen LogP contribution in [-0.4, -0.2) is 60.9 Å². The summed E-state index contributed by atoms with van der Waals surface area (Å²) < 4.78 is 5.72. The Hall–Kier alpha value is -2.86. The lowest BCUT2D eigenvalue weighted by atomic mass is 10.1. The first-order chi connectivity index (χ1) is 13.4. The number of para-hydroxylation sites is 1. The molecule has 0 saturated carbocycles. The molecular formula is C22H27N3O3. The maximum absolute atomic E-state index is 12.9. The minimum Gasteiger partial charge on any atom is -0.481 e. The number of hydrogen-bond acceptors (Lipinski definition) is 4. The molecule has 1 atom stereocenters. The Balaban J connectivity index is 1.67. The fraction of sp³-hybridized carbons (Fsp3) is 0.364. The number of benzene rings is 2. The third kappa shape index (κ3) is 4.89. The molecule has 2 aromatic rings. The fourth-order valence-electron chi connectivity index (χ4n) is 3.07. The second kappa shape index (κ2) is 8.89. The standard InChI is InChI=1S/C22H27N3O3/c1-16-8-10-18(11-9-16)28-17(2)21(26)23-20-7-5-4-6-19(20)22(27)25-14-12-24(3)13-15-25/h4-11,17H,12-15H2,1-3H3,(H,23,26)/t17-/m0/s1. The summed E-state index contributed by atoms with van der Waals surface area (Å²) in [6, 6.07) is 14.7. The largest absolute Gasteiger partial charge is 0.481 e. The smallest absolute Gasteiger partial charge is 0.265 e. The van der Waals surface area contributed by atoms with Crippen molar-refractivity contribution in [2.24, 2.45) is 0 Å². The highest BCUT2D eigenvalue weighted by molar-refractivity contribution is 6.04. The van der Waals surface area contributed by atoms with Crippen LogP contribution in [0.3, 0.4) is 0 Å². The lowest BCUT2D eigenvalue weighted by Crippen LogP contribution is -2.47. The van der Waals surface area contributed by atoms with Gasteiger partial charge in [0.05, 0.1) is 11.3 Å². The maximum atomic E-state index is 12.9. The first-order valence-electron chi connectivity index (χ1n) is 9.55. The minimum atomic E-state index is -0.686. The fourth-order valence-corrected chi connectivity index (χ4v) is 3.07. The molecule has 0 bridgehead atoms. The molecule has 1 fully saturated rings. The second-order valence-electron chi connectivity index (χ2n) is 7.20. The van der Waals surface area contributed by atoms with Crippen LogP contribution in [0.25, 0.3) is 0 Å². The zero-order valence-electron chi connectivity index (χ0n) is 16.6. The van der Waals surface area contributed by atoms with Crippen molar-refractivity contribution in [3.05, 3.63) is 59.7 Å². The number of rotatable bonds is 5. The van der Waals surface area contributed by atoms with Crippen molar-refractivity contribution in [1.82, 2.24) is 9.80 Å². The number of piperazine rings is 1. The summed E-state index contributed by atoms with van der Waals surface area (Å²) in [6.45, 7) is 6.76. The van der Waals surface area contributed by atoms with Gasteiger partial charge in [-0.2, -0.15) is 0 Å². The summed E-state index contributed by atoms with van der Waals surface area (Å²) in [5.41, 5.74) is 2.14. The first kappa shape index (κ1) is 19.9. The predicted octanol–water partition coefficient (Wildman–Crippen LogP) is 2.79. The van der Waals surface area contributed by atoms with Gasteiger partial charge in [0.2, 0.25) is 0 Å². The molecule has 0 aliphatic carbocycles. The highest BCUT2D eigenvalue weighted by Gasteiger charge is 2.24. The molecule has 1 aliphatic heterocycles. The lowest BCUT2D eigenvalue weighted by molar-refractivity contribution is -0.122. The summed E-state index contributed by atoms with van der Waals surface area (Å²) in [7, 11) is 2.05. The van der Waals surface area contributed by atoms with Crippen LogP contribution < -0.4 is 10.1 Å². The topological polar surface area (TPSA) is 61.9 Å². The number of ether oxygens (including phenoxy) is 1. The zero-order valence-corrected chi connectivity index (χ0v) is 16.6. The third-order valence-electron chi connectivity index (χ3n) is 4.91. The van der Waals surface area contributed by atoms with Crippen LogP contribution in [0.2, 0.25) is 0 Å². The first-order valence-corrected chi connectivity index (χ1v) is 9.55. The van der Waals surface area contributed by atoms with Crippen LogP contribution in [0.4, 0.5) is 5.69 Å². The molecule has 0 radical (unpaired) electrons. The minimum absolute atomic E-state index is 0.0592.